The van der Waals surface area contributed by atoms with Crippen molar-refractivity contribution in [2.45, 2.75) is 55.4 Å². The standard InChI is InChI=1S/C7H6N2.C6H5N3.C5H5N.C3H4N2.4C2H6/c1-2-4-7-6(3-1)8-5-9-7;1-2-4-6-5(3-1)7-9-8-6;1-2-4-6-5-3-1;1-2-4-5-3-1;4*1-2/h1-5H,(H,8,9);1-4H,(H,7,8,9);1-5H;1-2H,3H2;4*1-2H3. The van der Waals surface area contributed by atoms with Gasteiger partial charge in [-0.05, 0) is 42.5 Å². The molecule has 8 heteroatoms. The minimum Gasteiger partial charge on any atom is -0.345 e. The average Bonchev–Trinajstić information content (AvgIpc) is 3.83. The van der Waals surface area contributed by atoms with Gasteiger partial charge in [-0.3, -0.25) is 4.98 Å². The lowest BCUT2D eigenvalue weighted by Gasteiger charge is -1.81. The van der Waals surface area contributed by atoms with Gasteiger partial charge in [-0.25, -0.2) is 4.98 Å². The maximum absolute atomic E-state index is 4.06. The van der Waals surface area contributed by atoms with Gasteiger partial charge in [0.15, 0.2) is 0 Å². The molecule has 0 radical (unpaired) electrons. The summed E-state index contributed by atoms with van der Waals surface area (Å²) in [4.78, 5) is 10.9. The second-order valence-corrected chi connectivity index (χ2v) is 5.58. The van der Waals surface area contributed by atoms with E-state index >= 15 is 0 Å². The van der Waals surface area contributed by atoms with Crippen LogP contribution in [0.4, 0.5) is 0 Å². The molecule has 0 unspecified atom stereocenters. The first-order valence-corrected chi connectivity index (χ1v) is 12.9. The fourth-order valence-corrected chi connectivity index (χ4v) is 2.21. The Morgan fingerprint density at radius 3 is 1.54 bits per heavy atom. The first-order chi connectivity index (χ1) is 18.4. The molecular formula is C29H44N8. The monoisotopic (exact) mass is 504 g/mol. The van der Waals surface area contributed by atoms with Crippen molar-refractivity contribution in [2.24, 2.45) is 10.2 Å². The van der Waals surface area contributed by atoms with Gasteiger partial charge in [-0.1, -0.05) is 85.7 Å². The fourth-order valence-electron chi connectivity index (χ4n) is 2.21. The molecule has 4 heterocycles. The lowest BCUT2D eigenvalue weighted by Crippen LogP contribution is -1.63. The van der Waals surface area contributed by atoms with Crippen molar-refractivity contribution in [3.63, 3.8) is 0 Å². The summed E-state index contributed by atoms with van der Waals surface area (Å²) in [6.45, 7) is 16.8. The smallest absolute Gasteiger partial charge is 0.112 e. The number of imidazole rings is 1. The number of pyridine rings is 1. The number of hydrogen-bond donors (Lipinski definition) is 2. The molecule has 5 aromatic rings. The number of aromatic nitrogens is 6. The number of para-hydroxylation sites is 4. The molecule has 0 aliphatic carbocycles. The van der Waals surface area contributed by atoms with E-state index in [1.54, 1.807) is 24.9 Å². The highest BCUT2D eigenvalue weighted by molar-refractivity contribution is 5.73. The molecule has 0 saturated heterocycles. The van der Waals surface area contributed by atoms with Crippen molar-refractivity contribution >= 4 is 22.1 Å². The minimum absolute atomic E-state index is 0.778. The molecule has 1 aliphatic rings. The van der Waals surface area contributed by atoms with E-state index in [2.05, 4.69) is 40.6 Å². The molecule has 3 aromatic heterocycles. The first kappa shape index (κ1) is 35.0. The Balaban J connectivity index is 0. The molecule has 0 bridgehead atoms. The molecule has 6 rings (SSSR count). The van der Waals surface area contributed by atoms with Crippen LogP contribution in [-0.4, -0.2) is 36.9 Å². The maximum Gasteiger partial charge on any atom is 0.112 e. The highest BCUT2D eigenvalue weighted by Gasteiger charge is 1.90. The summed E-state index contributed by atoms with van der Waals surface area (Å²) in [6.07, 6.45) is 8.80. The average molecular weight is 505 g/mol. The summed E-state index contributed by atoms with van der Waals surface area (Å²) in [5, 5.41) is 17.4. The molecular weight excluding hydrogens is 460 g/mol. The fraction of sp³-hybridized carbons (Fsp3) is 0.310. The molecule has 0 saturated carbocycles. The van der Waals surface area contributed by atoms with Crippen LogP contribution in [0.1, 0.15) is 55.4 Å². The Kier molecular flexibility index (Phi) is 26.5. The second-order valence-electron chi connectivity index (χ2n) is 5.58. The van der Waals surface area contributed by atoms with E-state index in [0.29, 0.717) is 0 Å². The predicted molar refractivity (Wildman–Crippen MR) is 158 cm³/mol. The number of aromatic amines is 2. The molecule has 2 N–H and O–H groups in total. The van der Waals surface area contributed by atoms with E-state index in [9.17, 15) is 0 Å². The summed E-state index contributed by atoms with van der Waals surface area (Å²) in [5.74, 6) is 0. The van der Waals surface area contributed by atoms with Crippen molar-refractivity contribution in [2.75, 3.05) is 6.54 Å². The SMILES string of the molecule is C1=CN=NC1.CC.CC.CC.CC.c1ccc2[nH]cnc2c1.c1ccc2n[nH]nc2c1.c1ccncc1. The van der Waals surface area contributed by atoms with Crippen molar-refractivity contribution in [3.8, 4) is 0 Å². The Hall–Kier alpha value is -4.20. The summed E-state index contributed by atoms with van der Waals surface area (Å²) >= 11 is 0. The topological polar surface area (TPSA) is 108 Å². The molecule has 200 valence electrons. The third-order valence-electron chi connectivity index (χ3n) is 3.56. The van der Waals surface area contributed by atoms with Crippen LogP contribution in [0, 0.1) is 0 Å². The Bertz CT molecular complexity index is 985. The van der Waals surface area contributed by atoms with Crippen molar-refractivity contribution in [1.29, 1.82) is 0 Å². The highest BCUT2D eigenvalue weighted by atomic mass is 15.3. The van der Waals surface area contributed by atoms with Crippen molar-refractivity contribution in [1.82, 2.24) is 30.4 Å². The van der Waals surface area contributed by atoms with Crippen LogP contribution in [0.15, 0.2) is 108 Å². The van der Waals surface area contributed by atoms with Crippen LogP contribution in [0.3, 0.4) is 0 Å². The quantitative estimate of drug-likeness (QED) is 0.220. The minimum atomic E-state index is 0.778. The van der Waals surface area contributed by atoms with E-state index in [1.165, 1.54) is 0 Å². The number of rotatable bonds is 0. The van der Waals surface area contributed by atoms with E-state index < -0.39 is 0 Å². The number of H-pyrrole nitrogens is 2. The van der Waals surface area contributed by atoms with Gasteiger partial charge in [0.05, 0.1) is 23.9 Å². The normalized spacial score (nSPS) is 9.30. The summed E-state index contributed by atoms with van der Waals surface area (Å²) in [7, 11) is 0. The van der Waals surface area contributed by atoms with Gasteiger partial charge in [0.1, 0.15) is 11.0 Å². The predicted octanol–water partition coefficient (Wildman–Crippen LogP) is 8.67. The number of nitrogens with one attached hydrogen (secondary N) is 2. The zero-order valence-corrected chi connectivity index (χ0v) is 23.6. The van der Waals surface area contributed by atoms with Crippen molar-refractivity contribution < 1.29 is 0 Å². The first-order valence-electron chi connectivity index (χ1n) is 12.9. The van der Waals surface area contributed by atoms with Crippen LogP contribution in [-0.2, 0) is 0 Å². The lowest BCUT2D eigenvalue weighted by molar-refractivity contribution is 0.959. The Morgan fingerprint density at radius 2 is 1.16 bits per heavy atom. The molecule has 0 fully saturated rings. The lowest BCUT2D eigenvalue weighted by atomic mass is 10.3. The van der Waals surface area contributed by atoms with Crippen LogP contribution in [0.25, 0.3) is 22.1 Å². The zero-order chi connectivity index (χ0) is 28.0. The largest absolute Gasteiger partial charge is 0.345 e. The van der Waals surface area contributed by atoms with Gasteiger partial charge in [-0.15, -0.1) is 0 Å². The number of benzene rings is 2. The van der Waals surface area contributed by atoms with Gasteiger partial charge < -0.3 is 4.98 Å². The van der Waals surface area contributed by atoms with Gasteiger partial charge in [0.25, 0.3) is 0 Å². The van der Waals surface area contributed by atoms with E-state index in [1.807, 2.05) is 128 Å². The van der Waals surface area contributed by atoms with Gasteiger partial charge in [0.2, 0.25) is 0 Å². The number of azo groups is 1. The van der Waals surface area contributed by atoms with Crippen LogP contribution in [0.5, 0.6) is 0 Å². The van der Waals surface area contributed by atoms with E-state index in [4.69, 9.17) is 0 Å². The van der Waals surface area contributed by atoms with Gasteiger partial charge in [-0.2, -0.15) is 25.6 Å². The maximum atomic E-state index is 4.06. The molecule has 8 nitrogen and oxygen atoms in total. The number of fused-ring (bicyclic) bond motifs is 2. The third kappa shape index (κ3) is 17.0. The molecule has 0 amide bonds. The third-order valence-corrected chi connectivity index (χ3v) is 3.56. The number of nitrogens with zero attached hydrogens (tertiary/aromatic N) is 6. The summed E-state index contributed by atoms with van der Waals surface area (Å²) in [6, 6.07) is 21.4. The zero-order valence-electron chi connectivity index (χ0n) is 23.6. The summed E-state index contributed by atoms with van der Waals surface area (Å²) in [5.41, 5.74) is 3.95. The van der Waals surface area contributed by atoms with Crippen molar-refractivity contribution in [3.05, 3.63) is 97.7 Å². The number of hydrogen-bond acceptors (Lipinski definition) is 6. The van der Waals surface area contributed by atoms with Crippen LogP contribution in [0.2, 0.25) is 0 Å². The molecule has 0 spiro atoms. The molecule has 37 heavy (non-hydrogen) atoms. The van der Waals surface area contributed by atoms with E-state index in [0.717, 1.165) is 28.6 Å². The molecule has 2 aromatic carbocycles. The van der Waals surface area contributed by atoms with Gasteiger partial charge in [0, 0.05) is 18.6 Å². The van der Waals surface area contributed by atoms with Gasteiger partial charge >= 0.3 is 0 Å². The molecule has 1 aliphatic heterocycles. The summed E-state index contributed by atoms with van der Waals surface area (Å²) < 4.78 is 0. The van der Waals surface area contributed by atoms with Crippen LogP contribution >= 0.6 is 0 Å². The molecule has 0 atom stereocenters. The van der Waals surface area contributed by atoms with Crippen LogP contribution < -0.4 is 0 Å². The highest BCUT2D eigenvalue weighted by Crippen LogP contribution is 2.05. The Morgan fingerprint density at radius 1 is 0.622 bits per heavy atom. The van der Waals surface area contributed by atoms with E-state index in [-0.39, 0.29) is 0 Å². The second kappa shape index (κ2) is 28.0. The Labute approximate surface area is 222 Å².